The van der Waals surface area contributed by atoms with Crippen molar-refractivity contribution in [3.05, 3.63) is 51.7 Å². The van der Waals surface area contributed by atoms with Gasteiger partial charge in [-0.1, -0.05) is 6.07 Å². The number of nitrogens with zero attached hydrogens (tertiary/aromatic N) is 1. The zero-order valence-corrected chi connectivity index (χ0v) is 12.1. The third-order valence-corrected chi connectivity index (χ3v) is 4.50. The lowest BCUT2D eigenvalue weighted by Gasteiger charge is -2.26. The first kappa shape index (κ1) is 14.2. The van der Waals surface area contributed by atoms with Crippen LogP contribution in [0.2, 0.25) is 0 Å². The molecule has 2 heterocycles. The summed E-state index contributed by atoms with van der Waals surface area (Å²) in [6, 6.07) is 5.57. The fourth-order valence-corrected chi connectivity index (χ4v) is 3.33. The number of thiophene rings is 1. The van der Waals surface area contributed by atoms with Crippen molar-refractivity contribution in [2.45, 2.75) is 13.0 Å². The maximum Gasteiger partial charge on any atom is 0.238 e. The molecule has 1 aliphatic rings. The lowest BCUT2D eigenvalue weighted by atomic mass is 10.1. The number of rotatable bonds is 3. The van der Waals surface area contributed by atoms with Gasteiger partial charge in [-0.25, -0.2) is 8.78 Å². The number of amides is 1. The highest BCUT2D eigenvalue weighted by Crippen LogP contribution is 2.24. The summed E-state index contributed by atoms with van der Waals surface area (Å²) in [5.41, 5.74) is 0.854. The first-order valence-electron chi connectivity index (χ1n) is 6.65. The van der Waals surface area contributed by atoms with Crippen LogP contribution < -0.4 is 5.32 Å². The van der Waals surface area contributed by atoms with Crippen molar-refractivity contribution >= 4 is 22.9 Å². The quantitative estimate of drug-likeness (QED) is 0.945. The summed E-state index contributed by atoms with van der Waals surface area (Å²) in [6.45, 7) is 1.61. The Balaban J connectivity index is 1.63. The Morgan fingerprint density at radius 3 is 2.81 bits per heavy atom. The molecule has 1 aromatic carbocycles. The van der Waals surface area contributed by atoms with Crippen LogP contribution in [0.4, 0.5) is 14.5 Å². The van der Waals surface area contributed by atoms with Gasteiger partial charge in [-0.3, -0.25) is 9.69 Å². The standard InChI is InChI=1S/C15H14F2N2OS/c16-11-2-1-3-12(17)15(11)18-14(20)9-19-6-4-13-10(8-19)5-7-21-13/h1-3,5,7H,4,6,8-9H2,(H,18,20). The van der Waals surface area contributed by atoms with Gasteiger partial charge in [-0.2, -0.15) is 0 Å². The van der Waals surface area contributed by atoms with Crippen LogP contribution in [0.3, 0.4) is 0 Å². The highest BCUT2D eigenvalue weighted by Gasteiger charge is 2.20. The molecule has 0 unspecified atom stereocenters. The molecular formula is C15H14F2N2OS. The number of carbonyl (C=O) groups is 1. The molecule has 0 aliphatic carbocycles. The van der Waals surface area contributed by atoms with Crippen molar-refractivity contribution in [1.82, 2.24) is 4.90 Å². The van der Waals surface area contributed by atoms with Crippen LogP contribution in [0.15, 0.2) is 29.6 Å². The summed E-state index contributed by atoms with van der Waals surface area (Å²) in [7, 11) is 0. The number of hydrogen-bond donors (Lipinski definition) is 1. The van der Waals surface area contributed by atoms with Crippen LogP contribution in [0.1, 0.15) is 10.4 Å². The molecule has 0 saturated carbocycles. The first-order chi connectivity index (χ1) is 10.1. The van der Waals surface area contributed by atoms with Gasteiger partial charge in [0.15, 0.2) is 0 Å². The van der Waals surface area contributed by atoms with Gasteiger partial charge >= 0.3 is 0 Å². The zero-order valence-electron chi connectivity index (χ0n) is 11.2. The van der Waals surface area contributed by atoms with Gasteiger partial charge in [-0.15, -0.1) is 11.3 Å². The number of hydrogen-bond acceptors (Lipinski definition) is 3. The van der Waals surface area contributed by atoms with Gasteiger partial charge in [0.25, 0.3) is 0 Å². The highest BCUT2D eigenvalue weighted by atomic mass is 32.1. The summed E-state index contributed by atoms with van der Waals surface area (Å²) < 4.78 is 27.0. The van der Waals surface area contributed by atoms with E-state index in [0.29, 0.717) is 6.54 Å². The van der Waals surface area contributed by atoms with Crippen molar-refractivity contribution in [3.63, 3.8) is 0 Å². The Morgan fingerprint density at radius 2 is 2.05 bits per heavy atom. The van der Waals surface area contributed by atoms with Crippen LogP contribution in [-0.2, 0) is 17.8 Å². The molecule has 110 valence electrons. The van der Waals surface area contributed by atoms with Crippen LogP contribution >= 0.6 is 11.3 Å². The Labute approximate surface area is 125 Å². The zero-order chi connectivity index (χ0) is 14.8. The van der Waals surface area contributed by atoms with E-state index >= 15 is 0 Å². The Morgan fingerprint density at radius 1 is 1.29 bits per heavy atom. The maximum absolute atomic E-state index is 13.5. The molecule has 0 spiro atoms. The first-order valence-corrected chi connectivity index (χ1v) is 7.53. The summed E-state index contributed by atoms with van der Waals surface area (Å²) >= 11 is 1.73. The van der Waals surface area contributed by atoms with E-state index in [0.717, 1.165) is 25.1 Å². The fourth-order valence-electron chi connectivity index (χ4n) is 2.44. The fraction of sp³-hybridized carbons (Fsp3) is 0.267. The average molecular weight is 308 g/mol. The highest BCUT2D eigenvalue weighted by molar-refractivity contribution is 7.10. The molecule has 21 heavy (non-hydrogen) atoms. The van der Waals surface area contributed by atoms with E-state index in [1.807, 2.05) is 10.3 Å². The number of fused-ring (bicyclic) bond motifs is 1. The van der Waals surface area contributed by atoms with E-state index in [9.17, 15) is 13.6 Å². The molecule has 0 radical (unpaired) electrons. The van der Waals surface area contributed by atoms with Crippen molar-refractivity contribution in [1.29, 1.82) is 0 Å². The van der Waals surface area contributed by atoms with Crippen LogP contribution in [0.5, 0.6) is 0 Å². The maximum atomic E-state index is 13.5. The van der Waals surface area contributed by atoms with Gasteiger partial charge in [0.1, 0.15) is 17.3 Å². The van der Waals surface area contributed by atoms with E-state index in [1.54, 1.807) is 11.3 Å². The predicted molar refractivity (Wildman–Crippen MR) is 78.3 cm³/mol. The third kappa shape index (κ3) is 3.11. The average Bonchev–Trinajstić information content (AvgIpc) is 2.90. The van der Waals surface area contributed by atoms with Crippen molar-refractivity contribution in [3.8, 4) is 0 Å². The number of anilines is 1. The molecule has 0 atom stereocenters. The van der Waals surface area contributed by atoms with Gasteiger partial charge in [0.2, 0.25) is 5.91 Å². The normalized spacial score (nSPS) is 14.8. The second kappa shape index (κ2) is 5.91. The number of para-hydroxylation sites is 1. The molecule has 1 aliphatic heterocycles. The summed E-state index contributed by atoms with van der Waals surface area (Å²) in [5.74, 6) is -1.93. The molecule has 0 bridgehead atoms. The SMILES string of the molecule is O=C(CN1CCc2sccc2C1)Nc1c(F)cccc1F. The Hall–Kier alpha value is -1.79. The smallest absolute Gasteiger partial charge is 0.238 e. The molecule has 1 N–H and O–H groups in total. The molecule has 1 aromatic heterocycles. The van der Waals surface area contributed by atoms with E-state index in [2.05, 4.69) is 11.4 Å². The predicted octanol–water partition coefficient (Wildman–Crippen LogP) is 3.02. The topological polar surface area (TPSA) is 32.3 Å². The van der Waals surface area contributed by atoms with E-state index in [-0.39, 0.29) is 12.2 Å². The summed E-state index contributed by atoms with van der Waals surface area (Å²) in [4.78, 5) is 15.3. The van der Waals surface area contributed by atoms with Gasteiger partial charge in [-0.05, 0) is 35.6 Å². The van der Waals surface area contributed by atoms with Gasteiger partial charge in [0, 0.05) is 18.0 Å². The summed E-state index contributed by atoms with van der Waals surface area (Å²) in [5, 5.41) is 4.36. The Bertz CT molecular complexity index is 651. The van der Waals surface area contributed by atoms with Crippen LogP contribution in [0, 0.1) is 11.6 Å². The molecule has 0 fully saturated rings. The van der Waals surface area contributed by atoms with Crippen molar-refractivity contribution < 1.29 is 13.6 Å². The second-order valence-corrected chi connectivity index (χ2v) is 5.98. The second-order valence-electron chi connectivity index (χ2n) is 4.97. The number of benzene rings is 1. The van der Waals surface area contributed by atoms with E-state index in [4.69, 9.17) is 0 Å². The monoisotopic (exact) mass is 308 g/mol. The number of carbonyl (C=O) groups excluding carboxylic acids is 1. The minimum Gasteiger partial charge on any atom is -0.320 e. The third-order valence-electron chi connectivity index (χ3n) is 3.48. The molecule has 3 rings (SSSR count). The number of nitrogens with one attached hydrogen (secondary N) is 1. The molecule has 0 saturated heterocycles. The largest absolute Gasteiger partial charge is 0.320 e. The Kier molecular flexibility index (Phi) is 3.98. The van der Waals surface area contributed by atoms with Crippen molar-refractivity contribution in [2.75, 3.05) is 18.4 Å². The van der Waals surface area contributed by atoms with E-state index in [1.165, 1.54) is 16.5 Å². The minimum atomic E-state index is -0.762. The van der Waals surface area contributed by atoms with Crippen LogP contribution in [-0.4, -0.2) is 23.9 Å². The lowest BCUT2D eigenvalue weighted by Crippen LogP contribution is -2.36. The van der Waals surface area contributed by atoms with Crippen molar-refractivity contribution in [2.24, 2.45) is 0 Å². The summed E-state index contributed by atoms with van der Waals surface area (Å²) in [6.07, 6.45) is 0.911. The molecule has 1 amide bonds. The molecule has 3 nitrogen and oxygen atoms in total. The van der Waals surface area contributed by atoms with Crippen LogP contribution in [0.25, 0.3) is 0 Å². The van der Waals surface area contributed by atoms with E-state index < -0.39 is 17.5 Å². The minimum absolute atomic E-state index is 0.128. The lowest BCUT2D eigenvalue weighted by molar-refractivity contribution is -0.117. The number of halogens is 2. The molecule has 2 aromatic rings. The molecule has 6 heteroatoms. The van der Waals surface area contributed by atoms with Gasteiger partial charge in [0.05, 0.1) is 6.54 Å². The van der Waals surface area contributed by atoms with Gasteiger partial charge < -0.3 is 5.32 Å². The molecular weight excluding hydrogens is 294 g/mol.